The van der Waals surface area contributed by atoms with Gasteiger partial charge >= 0.3 is 10.0 Å². The van der Waals surface area contributed by atoms with Gasteiger partial charge in [0.25, 0.3) is 0 Å². The van der Waals surface area contributed by atoms with Gasteiger partial charge in [-0.2, -0.15) is 13.5 Å². The van der Waals surface area contributed by atoms with E-state index in [1.165, 1.54) is 19.2 Å². The van der Waals surface area contributed by atoms with Gasteiger partial charge in [0.1, 0.15) is 17.3 Å². The quantitative estimate of drug-likeness (QED) is 0.544. The number of benzene rings is 2. The molecule has 0 amide bonds. The van der Waals surface area contributed by atoms with Crippen molar-refractivity contribution in [1.29, 1.82) is 0 Å². The summed E-state index contributed by atoms with van der Waals surface area (Å²) in [5.74, 6) is 1.19. The van der Waals surface area contributed by atoms with Crippen LogP contribution in [0.15, 0.2) is 63.1 Å². The Hall–Kier alpha value is -1.45. The zero-order valence-electron chi connectivity index (χ0n) is 15.7. The zero-order valence-corrected chi connectivity index (χ0v) is 18.1. The maximum absolute atomic E-state index is 12.4. The SMILES string of the molecule is CC[N+]1(Cc2ccccc2)CSCC1(O)c1ccc(Cl)c(S(=O)(=O)N=NC)c1. The maximum Gasteiger partial charge on any atom is 0.300 e. The molecular weight excluding hydrogens is 418 g/mol. The summed E-state index contributed by atoms with van der Waals surface area (Å²) < 4.78 is 28.5. The van der Waals surface area contributed by atoms with Gasteiger partial charge in [0.2, 0.25) is 5.72 Å². The van der Waals surface area contributed by atoms with Crippen molar-refractivity contribution in [2.24, 2.45) is 9.63 Å². The predicted molar refractivity (Wildman–Crippen MR) is 112 cm³/mol. The summed E-state index contributed by atoms with van der Waals surface area (Å²) in [6, 6.07) is 14.6. The van der Waals surface area contributed by atoms with Gasteiger partial charge in [-0.15, -0.1) is 0 Å². The zero-order chi connectivity index (χ0) is 20.4. The van der Waals surface area contributed by atoms with E-state index >= 15 is 0 Å². The van der Waals surface area contributed by atoms with Crippen molar-refractivity contribution >= 4 is 33.4 Å². The smallest absolute Gasteiger partial charge is 0.300 e. The van der Waals surface area contributed by atoms with E-state index in [4.69, 9.17) is 11.6 Å². The van der Waals surface area contributed by atoms with E-state index in [1.54, 1.807) is 17.8 Å². The minimum Gasteiger partial charge on any atom is -0.338 e. The molecule has 1 aliphatic rings. The number of nitrogens with zero attached hydrogens (tertiary/aromatic N) is 3. The standard InChI is InChI=1S/C19H23ClN3O3S2/c1-3-23(12-15-7-5-4-6-8-15)14-27-13-19(23,24)16-9-10-17(20)18(11-16)28(25,26)22-21-2/h4-11,24H,3,12-14H2,1-2H3/q+1. The molecule has 1 N–H and O–H groups in total. The lowest BCUT2D eigenvalue weighted by Crippen LogP contribution is -2.59. The summed E-state index contributed by atoms with van der Waals surface area (Å²) in [6.45, 7) is 3.37. The molecule has 0 saturated carbocycles. The van der Waals surface area contributed by atoms with Gasteiger partial charge in [0.05, 0.1) is 17.3 Å². The van der Waals surface area contributed by atoms with E-state index in [9.17, 15) is 13.5 Å². The Bertz CT molecular complexity index is 985. The molecule has 1 heterocycles. The normalized spacial score (nSPS) is 25.4. The second kappa shape index (κ2) is 8.12. The first kappa shape index (κ1) is 21.3. The number of halogens is 1. The lowest BCUT2D eigenvalue weighted by atomic mass is 9.99. The summed E-state index contributed by atoms with van der Waals surface area (Å²) in [5, 5.41) is 15.2. The highest BCUT2D eigenvalue weighted by Crippen LogP contribution is 2.46. The van der Waals surface area contributed by atoms with E-state index < -0.39 is 15.7 Å². The Balaban J connectivity index is 2.10. The summed E-state index contributed by atoms with van der Waals surface area (Å²) in [6.07, 6.45) is 0. The van der Waals surface area contributed by atoms with Crippen LogP contribution >= 0.6 is 23.4 Å². The molecule has 0 spiro atoms. The highest BCUT2D eigenvalue weighted by Gasteiger charge is 2.55. The monoisotopic (exact) mass is 440 g/mol. The Kier molecular flexibility index (Phi) is 6.17. The second-order valence-corrected chi connectivity index (χ2v) is 9.72. The third kappa shape index (κ3) is 3.71. The molecule has 2 aromatic carbocycles. The highest BCUT2D eigenvalue weighted by atomic mass is 35.5. The van der Waals surface area contributed by atoms with Crippen molar-refractivity contribution < 1.29 is 18.0 Å². The van der Waals surface area contributed by atoms with Gasteiger partial charge in [-0.25, -0.2) is 0 Å². The van der Waals surface area contributed by atoms with Crippen LogP contribution in [-0.2, 0) is 22.3 Å². The lowest BCUT2D eigenvalue weighted by Gasteiger charge is -2.44. The van der Waals surface area contributed by atoms with Gasteiger partial charge in [0.15, 0.2) is 0 Å². The fourth-order valence-electron chi connectivity index (χ4n) is 3.64. The Morgan fingerprint density at radius 1 is 1.25 bits per heavy atom. The predicted octanol–water partition coefficient (Wildman–Crippen LogP) is 4.00. The molecule has 150 valence electrons. The molecule has 0 bridgehead atoms. The van der Waals surface area contributed by atoms with Gasteiger partial charge in [-0.05, 0) is 25.1 Å². The van der Waals surface area contributed by atoms with Crippen molar-refractivity contribution in [2.75, 3.05) is 25.2 Å². The van der Waals surface area contributed by atoms with E-state index in [0.29, 0.717) is 28.9 Å². The van der Waals surface area contributed by atoms with Crippen LogP contribution in [0.25, 0.3) is 0 Å². The number of hydrogen-bond donors (Lipinski definition) is 1. The summed E-state index contributed by atoms with van der Waals surface area (Å²) in [4.78, 5) is -0.142. The van der Waals surface area contributed by atoms with E-state index in [-0.39, 0.29) is 9.92 Å². The van der Waals surface area contributed by atoms with Crippen LogP contribution in [0.3, 0.4) is 0 Å². The molecule has 1 fully saturated rings. The molecule has 1 aliphatic heterocycles. The van der Waals surface area contributed by atoms with E-state index in [1.807, 2.05) is 37.3 Å². The molecule has 2 unspecified atom stereocenters. The number of sulfonamides is 1. The molecule has 2 atom stereocenters. The Morgan fingerprint density at radius 3 is 2.61 bits per heavy atom. The first-order chi connectivity index (χ1) is 13.3. The summed E-state index contributed by atoms with van der Waals surface area (Å²) in [5.41, 5.74) is 0.393. The van der Waals surface area contributed by atoms with Crippen LogP contribution in [0, 0.1) is 0 Å². The summed E-state index contributed by atoms with van der Waals surface area (Å²) in [7, 11) is -2.73. The highest BCUT2D eigenvalue weighted by molar-refractivity contribution is 7.99. The Morgan fingerprint density at radius 2 is 1.96 bits per heavy atom. The number of rotatable bonds is 6. The van der Waals surface area contributed by atoms with Gasteiger partial charge in [0, 0.05) is 18.2 Å². The maximum atomic E-state index is 12.4. The van der Waals surface area contributed by atoms with E-state index in [0.717, 1.165) is 11.4 Å². The summed E-state index contributed by atoms with van der Waals surface area (Å²) >= 11 is 7.78. The molecular formula is C19H23ClN3O3S2+. The third-order valence-electron chi connectivity index (χ3n) is 5.22. The number of thioether (sulfide) groups is 1. The molecule has 0 radical (unpaired) electrons. The fourth-order valence-corrected chi connectivity index (χ4v) is 6.60. The molecule has 0 aliphatic carbocycles. The van der Waals surface area contributed by atoms with Crippen LogP contribution in [0.5, 0.6) is 0 Å². The van der Waals surface area contributed by atoms with Crippen LogP contribution in [-0.4, -0.2) is 43.2 Å². The van der Waals surface area contributed by atoms with Crippen LogP contribution in [0.4, 0.5) is 0 Å². The number of quaternary nitrogens is 1. The van der Waals surface area contributed by atoms with Gasteiger partial charge < -0.3 is 5.11 Å². The first-order valence-corrected chi connectivity index (χ1v) is 11.8. The number of hydrogen-bond acceptors (Lipinski definition) is 5. The molecule has 9 heteroatoms. The van der Waals surface area contributed by atoms with Gasteiger partial charge in [-0.3, -0.25) is 4.48 Å². The van der Waals surface area contributed by atoms with Crippen molar-refractivity contribution in [3.63, 3.8) is 0 Å². The van der Waals surface area contributed by atoms with Crippen molar-refractivity contribution in [3.8, 4) is 0 Å². The topological polar surface area (TPSA) is 79.1 Å². The van der Waals surface area contributed by atoms with Crippen LogP contribution < -0.4 is 0 Å². The average molecular weight is 441 g/mol. The minimum atomic E-state index is -4.02. The average Bonchev–Trinajstić information content (AvgIpc) is 3.00. The fraction of sp³-hybridized carbons (Fsp3) is 0.368. The van der Waals surface area contributed by atoms with Crippen molar-refractivity contribution in [3.05, 3.63) is 64.7 Å². The minimum absolute atomic E-state index is 0.0584. The van der Waals surface area contributed by atoms with E-state index in [2.05, 4.69) is 9.63 Å². The van der Waals surface area contributed by atoms with Crippen LogP contribution in [0.1, 0.15) is 18.1 Å². The van der Waals surface area contributed by atoms with Gasteiger partial charge in [-0.1, -0.05) is 58.2 Å². The first-order valence-electron chi connectivity index (χ1n) is 8.84. The van der Waals surface area contributed by atoms with Crippen molar-refractivity contribution in [1.82, 2.24) is 0 Å². The lowest BCUT2D eigenvalue weighted by molar-refractivity contribution is -1.00. The molecule has 6 nitrogen and oxygen atoms in total. The molecule has 28 heavy (non-hydrogen) atoms. The third-order valence-corrected chi connectivity index (χ3v) is 8.22. The molecule has 3 rings (SSSR count). The molecule has 2 aromatic rings. The van der Waals surface area contributed by atoms with Crippen molar-refractivity contribution in [2.45, 2.75) is 24.1 Å². The van der Waals surface area contributed by atoms with Crippen LogP contribution in [0.2, 0.25) is 5.02 Å². The second-order valence-electron chi connectivity index (χ2n) is 6.80. The Labute approximate surface area is 174 Å². The molecule has 1 saturated heterocycles. The molecule has 0 aromatic heterocycles. The number of aliphatic hydroxyl groups is 1. The largest absolute Gasteiger partial charge is 0.338 e.